The first-order valence-corrected chi connectivity index (χ1v) is 7.94. The third-order valence-corrected chi connectivity index (χ3v) is 3.77. The van der Waals surface area contributed by atoms with Gasteiger partial charge in [-0.05, 0) is 32.0 Å². The van der Waals surface area contributed by atoms with Gasteiger partial charge in [0.15, 0.2) is 6.10 Å². The van der Waals surface area contributed by atoms with Crippen LogP contribution in [0, 0.1) is 0 Å². The van der Waals surface area contributed by atoms with Crippen molar-refractivity contribution in [2.45, 2.75) is 26.0 Å². The highest BCUT2D eigenvalue weighted by Crippen LogP contribution is 2.18. The zero-order chi connectivity index (χ0) is 16.8. The molecule has 2 atom stereocenters. The van der Waals surface area contributed by atoms with E-state index in [1.807, 2.05) is 0 Å². The van der Waals surface area contributed by atoms with Gasteiger partial charge in [-0.1, -0.05) is 17.7 Å². The molecular weight excluding hydrogens is 320 g/mol. The second-order valence-corrected chi connectivity index (χ2v) is 5.82. The molecule has 0 aliphatic carbocycles. The summed E-state index contributed by atoms with van der Waals surface area (Å²) in [6.07, 6.45) is -0.728. The van der Waals surface area contributed by atoms with E-state index in [-0.39, 0.29) is 11.8 Å². The lowest BCUT2D eigenvalue weighted by Crippen LogP contribution is -2.52. The van der Waals surface area contributed by atoms with Gasteiger partial charge in [0, 0.05) is 18.1 Å². The number of nitrogens with one attached hydrogen (secondary N) is 1. The molecule has 1 fully saturated rings. The molecule has 1 aromatic carbocycles. The second-order valence-electron chi connectivity index (χ2n) is 5.39. The number of hydrogen-bond acceptors (Lipinski definition) is 4. The highest BCUT2D eigenvalue weighted by atomic mass is 35.5. The second kappa shape index (κ2) is 8.17. The van der Waals surface area contributed by atoms with Gasteiger partial charge in [-0.3, -0.25) is 9.59 Å². The molecule has 0 unspecified atom stereocenters. The molecule has 0 spiro atoms. The molecule has 126 valence electrons. The van der Waals surface area contributed by atoms with Gasteiger partial charge in [0.25, 0.3) is 5.91 Å². The number of carbonyl (C=O) groups is 2. The normalized spacial score (nSPS) is 17.3. The van der Waals surface area contributed by atoms with Gasteiger partial charge in [0.1, 0.15) is 11.8 Å². The molecule has 1 N–H and O–H groups in total. The molecule has 1 heterocycles. The van der Waals surface area contributed by atoms with Gasteiger partial charge in [0.2, 0.25) is 5.91 Å². The number of carbonyl (C=O) groups excluding carboxylic acids is 2. The molecule has 0 aromatic heterocycles. The Labute approximate surface area is 140 Å². The quantitative estimate of drug-likeness (QED) is 0.881. The topological polar surface area (TPSA) is 67.9 Å². The van der Waals surface area contributed by atoms with Crippen molar-refractivity contribution in [2.75, 3.05) is 26.3 Å². The highest BCUT2D eigenvalue weighted by molar-refractivity contribution is 6.30. The standard InChI is InChI=1S/C16H21ClN2O4/c1-11(16(21)19-6-8-22-9-7-19)18-15(20)12(2)23-14-5-3-4-13(17)10-14/h3-5,10-12H,6-9H2,1-2H3,(H,18,20)/t11-,12-/m0/s1. The summed E-state index contributed by atoms with van der Waals surface area (Å²) in [6.45, 7) is 5.45. The average Bonchev–Trinajstić information content (AvgIpc) is 2.54. The molecule has 0 saturated carbocycles. The van der Waals surface area contributed by atoms with Crippen molar-refractivity contribution >= 4 is 23.4 Å². The summed E-state index contributed by atoms with van der Waals surface area (Å²) in [5.74, 6) is 0.0444. The Morgan fingerprint density at radius 2 is 2.00 bits per heavy atom. The zero-order valence-corrected chi connectivity index (χ0v) is 14.0. The fourth-order valence-electron chi connectivity index (χ4n) is 2.25. The first kappa shape index (κ1) is 17.6. The van der Waals surface area contributed by atoms with Crippen molar-refractivity contribution in [3.63, 3.8) is 0 Å². The Morgan fingerprint density at radius 3 is 2.65 bits per heavy atom. The summed E-state index contributed by atoms with van der Waals surface area (Å²) < 4.78 is 10.8. The summed E-state index contributed by atoms with van der Waals surface area (Å²) >= 11 is 5.88. The van der Waals surface area contributed by atoms with Gasteiger partial charge < -0.3 is 19.7 Å². The lowest BCUT2D eigenvalue weighted by Gasteiger charge is -2.29. The van der Waals surface area contributed by atoms with Gasteiger partial charge >= 0.3 is 0 Å². The number of hydrogen-bond donors (Lipinski definition) is 1. The van der Waals surface area contributed by atoms with Gasteiger partial charge in [-0.2, -0.15) is 0 Å². The smallest absolute Gasteiger partial charge is 0.261 e. The summed E-state index contributed by atoms with van der Waals surface area (Å²) in [7, 11) is 0. The third kappa shape index (κ3) is 5.11. The van der Waals surface area contributed by atoms with E-state index in [1.165, 1.54) is 0 Å². The van der Waals surface area contributed by atoms with Crippen molar-refractivity contribution in [3.8, 4) is 5.75 Å². The predicted octanol–water partition coefficient (Wildman–Crippen LogP) is 1.47. The van der Waals surface area contributed by atoms with Crippen LogP contribution in [0.15, 0.2) is 24.3 Å². The van der Waals surface area contributed by atoms with Crippen molar-refractivity contribution in [2.24, 2.45) is 0 Å². The molecule has 7 heteroatoms. The van der Waals surface area contributed by atoms with E-state index in [1.54, 1.807) is 43.0 Å². The number of rotatable bonds is 5. The number of halogens is 1. The van der Waals surface area contributed by atoms with Gasteiger partial charge in [-0.15, -0.1) is 0 Å². The minimum Gasteiger partial charge on any atom is -0.481 e. The van der Waals surface area contributed by atoms with E-state index in [4.69, 9.17) is 21.1 Å². The summed E-state index contributed by atoms with van der Waals surface area (Å²) in [6, 6.07) is 6.21. The maximum atomic E-state index is 12.3. The van der Waals surface area contributed by atoms with E-state index in [9.17, 15) is 9.59 Å². The molecule has 2 amide bonds. The Kier molecular flexibility index (Phi) is 6.24. The van der Waals surface area contributed by atoms with Crippen molar-refractivity contribution < 1.29 is 19.1 Å². The zero-order valence-electron chi connectivity index (χ0n) is 13.3. The van der Waals surface area contributed by atoms with E-state index < -0.39 is 12.1 Å². The van der Waals surface area contributed by atoms with Gasteiger partial charge in [0.05, 0.1) is 13.2 Å². The lowest BCUT2D eigenvalue weighted by atomic mass is 10.2. The van der Waals surface area contributed by atoms with Crippen LogP contribution in [0.2, 0.25) is 5.02 Å². The van der Waals surface area contributed by atoms with E-state index in [0.717, 1.165) is 0 Å². The molecule has 1 aromatic rings. The Bertz CT molecular complexity index is 561. The molecule has 0 radical (unpaired) electrons. The Morgan fingerprint density at radius 1 is 1.30 bits per heavy atom. The fourth-order valence-corrected chi connectivity index (χ4v) is 2.43. The van der Waals surface area contributed by atoms with Crippen molar-refractivity contribution in [3.05, 3.63) is 29.3 Å². The Hall–Kier alpha value is -1.79. The lowest BCUT2D eigenvalue weighted by molar-refractivity contribution is -0.140. The number of benzene rings is 1. The SMILES string of the molecule is C[C@H](NC(=O)[C@H](C)Oc1cccc(Cl)c1)C(=O)N1CCOCC1. The molecule has 1 aliphatic rings. The minimum atomic E-state index is -0.728. The van der Waals surface area contributed by atoms with Crippen LogP contribution in [-0.4, -0.2) is 55.2 Å². The molecule has 1 saturated heterocycles. The van der Waals surface area contributed by atoms with Crippen molar-refractivity contribution in [1.82, 2.24) is 10.2 Å². The first-order valence-electron chi connectivity index (χ1n) is 7.56. The molecule has 6 nitrogen and oxygen atoms in total. The monoisotopic (exact) mass is 340 g/mol. The predicted molar refractivity (Wildman–Crippen MR) is 86.5 cm³/mol. The third-order valence-electron chi connectivity index (χ3n) is 3.53. The molecule has 2 rings (SSSR count). The summed E-state index contributed by atoms with van der Waals surface area (Å²) in [4.78, 5) is 26.1. The molecule has 23 heavy (non-hydrogen) atoms. The van der Waals surface area contributed by atoms with Crippen LogP contribution in [0.4, 0.5) is 0 Å². The van der Waals surface area contributed by atoms with Crippen LogP contribution >= 0.6 is 11.6 Å². The number of nitrogens with zero attached hydrogens (tertiary/aromatic N) is 1. The van der Waals surface area contributed by atoms with Crippen LogP contribution in [0.1, 0.15) is 13.8 Å². The fraction of sp³-hybridized carbons (Fsp3) is 0.500. The number of amides is 2. The van der Waals surface area contributed by atoms with E-state index >= 15 is 0 Å². The minimum absolute atomic E-state index is 0.114. The van der Waals surface area contributed by atoms with Crippen LogP contribution in [0.5, 0.6) is 5.75 Å². The van der Waals surface area contributed by atoms with E-state index in [0.29, 0.717) is 37.1 Å². The number of ether oxygens (including phenoxy) is 2. The van der Waals surface area contributed by atoms with Crippen LogP contribution in [0.3, 0.4) is 0 Å². The number of morpholine rings is 1. The van der Waals surface area contributed by atoms with Crippen molar-refractivity contribution in [1.29, 1.82) is 0 Å². The maximum absolute atomic E-state index is 12.3. The Balaban J connectivity index is 1.85. The van der Waals surface area contributed by atoms with Gasteiger partial charge in [-0.25, -0.2) is 0 Å². The summed E-state index contributed by atoms with van der Waals surface area (Å²) in [5.41, 5.74) is 0. The largest absolute Gasteiger partial charge is 0.481 e. The van der Waals surface area contributed by atoms with Crippen LogP contribution < -0.4 is 10.1 Å². The molecule has 1 aliphatic heterocycles. The molecular formula is C16H21ClN2O4. The molecule has 0 bridgehead atoms. The summed E-state index contributed by atoms with van der Waals surface area (Å²) in [5, 5.41) is 3.22. The first-order chi connectivity index (χ1) is 11.0. The average molecular weight is 341 g/mol. The maximum Gasteiger partial charge on any atom is 0.261 e. The highest BCUT2D eigenvalue weighted by Gasteiger charge is 2.25. The van der Waals surface area contributed by atoms with Crippen LogP contribution in [-0.2, 0) is 14.3 Å². The van der Waals surface area contributed by atoms with E-state index in [2.05, 4.69) is 5.32 Å². The van der Waals surface area contributed by atoms with Crippen LogP contribution in [0.25, 0.3) is 0 Å².